The van der Waals surface area contributed by atoms with E-state index in [1.807, 2.05) is 0 Å². The first-order valence-electron chi connectivity index (χ1n) is 4.30. The summed E-state index contributed by atoms with van der Waals surface area (Å²) in [6.45, 7) is 0. The Kier molecular flexibility index (Phi) is 2.63. The molecule has 0 bridgehead atoms. The molecule has 5 heteroatoms. The Morgan fingerprint density at radius 2 is 2.38 bits per heavy atom. The summed E-state index contributed by atoms with van der Waals surface area (Å²) in [5.74, 6) is 1.98. The molecular weight excluding hydrogens is 188 g/mol. The van der Waals surface area contributed by atoms with Crippen LogP contribution in [-0.2, 0) is 4.79 Å². The molecule has 1 aliphatic carbocycles. The van der Waals surface area contributed by atoms with E-state index in [0.29, 0.717) is 17.6 Å². The number of aromatic nitrogens is 2. The van der Waals surface area contributed by atoms with Crippen LogP contribution >= 0.6 is 11.8 Å². The van der Waals surface area contributed by atoms with Crippen molar-refractivity contribution in [3.63, 3.8) is 0 Å². The fourth-order valence-electron chi connectivity index (χ4n) is 0.968. The third-order valence-electron chi connectivity index (χ3n) is 1.81. The van der Waals surface area contributed by atoms with Gasteiger partial charge in [0.2, 0.25) is 5.89 Å². The Morgan fingerprint density at radius 3 is 3.08 bits per heavy atom. The van der Waals surface area contributed by atoms with Gasteiger partial charge >= 0.3 is 0 Å². The van der Waals surface area contributed by atoms with Gasteiger partial charge in [0.15, 0.2) is 0 Å². The Balaban J connectivity index is 1.85. The van der Waals surface area contributed by atoms with Crippen molar-refractivity contribution in [1.82, 2.24) is 10.2 Å². The lowest BCUT2D eigenvalue weighted by Gasteiger charge is -1.88. The summed E-state index contributed by atoms with van der Waals surface area (Å²) in [6, 6.07) is 0. The van der Waals surface area contributed by atoms with E-state index in [0.717, 1.165) is 17.9 Å². The molecule has 1 saturated carbocycles. The average molecular weight is 198 g/mol. The Morgan fingerprint density at radius 1 is 1.54 bits per heavy atom. The molecule has 1 aliphatic rings. The van der Waals surface area contributed by atoms with E-state index >= 15 is 0 Å². The summed E-state index contributed by atoms with van der Waals surface area (Å²) in [6.07, 6.45) is 3.76. The summed E-state index contributed by atoms with van der Waals surface area (Å²) in [5, 5.41) is 8.40. The highest BCUT2D eigenvalue weighted by Gasteiger charge is 2.29. The smallest absolute Gasteiger partial charge is 0.276 e. The minimum Gasteiger partial charge on any atom is -0.416 e. The van der Waals surface area contributed by atoms with Crippen molar-refractivity contribution >= 4 is 18.0 Å². The quantitative estimate of drug-likeness (QED) is 0.409. The number of hydrogen-bond donors (Lipinski definition) is 0. The van der Waals surface area contributed by atoms with Crippen LogP contribution in [0.4, 0.5) is 0 Å². The Hall–Kier alpha value is -0.840. The summed E-state index contributed by atoms with van der Waals surface area (Å²) in [4.78, 5) is 10.0. The lowest BCUT2D eigenvalue weighted by molar-refractivity contribution is -0.107. The largest absolute Gasteiger partial charge is 0.416 e. The standard InChI is InChI=1S/C8H10N2O2S/c11-4-1-5-13-8-10-9-7(12-8)6-2-3-6/h4,6H,1-3,5H2. The van der Waals surface area contributed by atoms with Crippen LogP contribution in [0.15, 0.2) is 9.64 Å². The van der Waals surface area contributed by atoms with Gasteiger partial charge in [-0.15, -0.1) is 10.2 Å². The molecule has 0 radical (unpaired) electrons. The average Bonchev–Trinajstić information content (AvgIpc) is 2.88. The summed E-state index contributed by atoms with van der Waals surface area (Å²) in [7, 11) is 0. The predicted molar refractivity (Wildman–Crippen MR) is 47.7 cm³/mol. The molecule has 0 N–H and O–H groups in total. The van der Waals surface area contributed by atoms with Gasteiger partial charge in [0, 0.05) is 18.1 Å². The molecular formula is C8H10N2O2S. The predicted octanol–water partition coefficient (Wildman–Crippen LogP) is 1.63. The highest BCUT2D eigenvalue weighted by atomic mass is 32.2. The summed E-state index contributed by atoms with van der Waals surface area (Å²) in [5.41, 5.74) is 0. The van der Waals surface area contributed by atoms with Crippen LogP contribution in [0, 0.1) is 0 Å². The maximum absolute atomic E-state index is 10.0. The molecule has 0 unspecified atom stereocenters. The maximum atomic E-state index is 10.0. The van der Waals surface area contributed by atoms with Crippen molar-refractivity contribution in [2.45, 2.75) is 30.4 Å². The van der Waals surface area contributed by atoms with Crippen molar-refractivity contribution in [1.29, 1.82) is 0 Å². The lowest BCUT2D eigenvalue weighted by atomic mass is 10.4. The van der Waals surface area contributed by atoms with Gasteiger partial charge in [-0.3, -0.25) is 0 Å². The first-order chi connectivity index (χ1) is 6.40. The fraction of sp³-hybridized carbons (Fsp3) is 0.625. The molecule has 13 heavy (non-hydrogen) atoms. The number of hydrogen-bond acceptors (Lipinski definition) is 5. The van der Waals surface area contributed by atoms with E-state index in [-0.39, 0.29) is 0 Å². The van der Waals surface area contributed by atoms with Crippen molar-refractivity contribution in [3.05, 3.63) is 5.89 Å². The minimum atomic E-state index is 0.507. The van der Waals surface area contributed by atoms with Gasteiger partial charge in [-0.25, -0.2) is 0 Å². The van der Waals surface area contributed by atoms with E-state index in [9.17, 15) is 4.79 Å². The monoisotopic (exact) mass is 198 g/mol. The molecule has 4 nitrogen and oxygen atoms in total. The van der Waals surface area contributed by atoms with Gasteiger partial charge in [0.1, 0.15) is 6.29 Å². The van der Waals surface area contributed by atoms with Crippen LogP contribution in [0.25, 0.3) is 0 Å². The fourth-order valence-corrected chi connectivity index (χ4v) is 1.60. The number of thioether (sulfide) groups is 1. The molecule has 1 heterocycles. The van der Waals surface area contributed by atoms with E-state index < -0.39 is 0 Å². The zero-order chi connectivity index (χ0) is 9.10. The van der Waals surface area contributed by atoms with Gasteiger partial charge in [-0.1, -0.05) is 11.8 Å². The van der Waals surface area contributed by atoms with Gasteiger partial charge in [0.25, 0.3) is 5.22 Å². The van der Waals surface area contributed by atoms with Crippen molar-refractivity contribution in [2.24, 2.45) is 0 Å². The first-order valence-corrected chi connectivity index (χ1v) is 5.28. The molecule has 0 saturated heterocycles. The molecule has 1 aromatic heterocycles. The number of aldehydes is 1. The van der Waals surface area contributed by atoms with Crippen LogP contribution in [0.1, 0.15) is 31.1 Å². The van der Waals surface area contributed by atoms with Gasteiger partial charge in [-0.2, -0.15) is 0 Å². The van der Waals surface area contributed by atoms with E-state index in [1.54, 1.807) is 0 Å². The molecule has 1 fully saturated rings. The second-order valence-electron chi connectivity index (χ2n) is 2.98. The van der Waals surface area contributed by atoms with Crippen molar-refractivity contribution in [2.75, 3.05) is 5.75 Å². The normalized spacial score (nSPS) is 16.0. The molecule has 0 spiro atoms. The van der Waals surface area contributed by atoms with E-state index in [1.165, 1.54) is 24.6 Å². The van der Waals surface area contributed by atoms with Crippen molar-refractivity contribution < 1.29 is 9.21 Å². The maximum Gasteiger partial charge on any atom is 0.276 e. The van der Waals surface area contributed by atoms with E-state index in [4.69, 9.17) is 4.42 Å². The van der Waals surface area contributed by atoms with Crippen LogP contribution in [0.2, 0.25) is 0 Å². The molecule has 1 aromatic rings. The molecule has 0 amide bonds. The van der Waals surface area contributed by atoms with Gasteiger partial charge < -0.3 is 9.21 Å². The summed E-state index contributed by atoms with van der Waals surface area (Å²) >= 11 is 1.44. The van der Waals surface area contributed by atoms with Crippen LogP contribution < -0.4 is 0 Å². The number of carbonyl (C=O) groups is 1. The lowest BCUT2D eigenvalue weighted by Crippen LogP contribution is -1.80. The Labute approximate surface area is 80.1 Å². The summed E-state index contributed by atoms with van der Waals surface area (Å²) < 4.78 is 5.38. The minimum absolute atomic E-state index is 0.507. The van der Waals surface area contributed by atoms with Gasteiger partial charge in [-0.05, 0) is 12.8 Å². The second kappa shape index (κ2) is 3.91. The highest BCUT2D eigenvalue weighted by Crippen LogP contribution is 2.39. The molecule has 0 aromatic carbocycles. The molecule has 0 atom stereocenters. The first kappa shape index (κ1) is 8.74. The number of rotatable bonds is 5. The topological polar surface area (TPSA) is 56.0 Å². The third kappa shape index (κ3) is 2.30. The number of carbonyl (C=O) groups excluding carboxylic acids is 1. The number of nitrogens with zero attached hydrogens (tertiary/aromatic N) is 2. The zero-order valence-electron chi connectivity index (χ0n) is 7.10. The van der Waals surface area contributed by atoms with Gasteiger partial charge in [0.05, 0.1) is 0 Å². The van der Waals surface area contributed by atoms with Crippen molar-refractivity contribution in [3.8, 4) is 0 Å². The third-order valence-corrected chi connectivity index (χ3v) is 2.66. The Bertz CT molecular complexity index is 296. The van der Waals surface area contributed by atoms with E-state index in [2.05, 4.69) is 10.2 Å². The molecule has 0 aliphatic heterocycles. The van der Waals surface area contributed by atoms with Crippen LogP contribution in [0.3, 0.4) is 0 Å². The SMILES string of the molecule is O=CCCSc1nnc(C2CC2)o1. The van der Waals surface area contributed by atoms with Crippen LogP contribution in [-0.4, -0.2) is 22.2 Å². The van der Waals surface area contributed by atoms with Crippen LogP contribution in [0.5, 0.6) is 0 Å². The highest BCUT2D eigenvalue weighted by molar-refractivity contribution is 7.99. The molecule has 70 valence electrons. The zero-order valence-corrected chi connectivity index (χ0v) is 7.92. The second-order valence-corrected chi connectivity index (χ2v) is 4.03. The molecule has 2 rings (SSSR count).